The van der Waals surface area contributed by atoms with Gasteiger partial charge in [-0.15, -0.1) is 6.58 Å². The molecule has 234 valence electrons. The summed E-state index contributed by atoms with van der Waals surface area (Å²) >= 11 is 0. The number of β-amino-alcohol motifs (C(OH)–C–C–N with tert-alkyl or cyclic N) is 1. The van der Waals surface area contributed by atoms with Crippen LogP contribution >= 0.6 is 0 Å². The van der Waals surface area contributed by atoms with Crippen LogP contribution < -0.4 is 5.32 Å². The third-order valence-electron chi connectivity index (χ3n) is 8.73. The van der Waals surface area contributed by atoms with Gasteiger partial charge in [-0.05, 0) is 48.2 Å². The number of nitrogens with one attached hydrogen (secondary N) is 2. The minimum absolute atomic E-state index is 0.0422. The number of benzene rings is 2. The third kappa shape index (κ3) is 7.00. The number of amides is 3. The number of likely N-dealkylation sites (tertiary alicyclic amines) is 2. The molecule has 0 spiro atoms. The van der Waals surface area contributed by atoms with Gasteiger partial charge in [0.15, 0.2) is 0 Å². The Morgan fingerprint density at radius 3 is 2.39 bits per heavy atom. The molecule has 0 radical (unpaired) electrons. The summed E-state index contributed by atoms with van der Waals surface area (Å²) in [5.74, 6) is -0.357. The average Bonchev–Trinajstić information content (AvgIpc) is 3.68. The number of rotatable bonds is 9. The molecular weight excluding hydrogens is 571 g/mol. The molecule has 2 saturated heterocycles. The van der Waals surface area contributed by atoms with Crippen LogP contribution in [0.3, 0.4) is 0 Å². The summed E-state index contributed by atoms with van der Waals surface area (Å²) in [6.07, 6.45) is 0.387. The van der Waals surface area contributed by atoms with Crippen molar-refractivity contribution in [3.05, 3.63) is 108 Å². The van der Waals surface area contributed by atoms with Crippen LogP contribution in [0, 0.1) is 5.92 Å². The van der Waals surface area contributed by atoms with E-state index in [4.69, 9.17) is 0 Å². The molecule has 2 atom stereocenters. The van der Waals surface area contributed by atoms with Gasteiger partial charge in [-0.3, -0.25) is 4.79 Å². The van der Waals surface area contributed by atoms with Gasteiger partial charge in [-0.2, -0.15) is 13.2 Å². The lowest BCUT2D eigenvalue weighted by Gasteiger charge is -2.40. The molecule has 3 aromatic rings. The molecule has 2 aliphatic heterocycles. The second-order valence-corrected chi connectivity index (χ2v) is 11.6. The number of carbonyl (C=O) groups excluding carboxylic acids is 2. The second-order valence-electron chi connectivity index (χ2n) is 11.6. The first-order valence-electron chi connectivity index (χ1n) is 14.8. The normalized spacial score (nSPS) is 21.3. The van der Waals surface area contributed by atoms with E-state index in [-0.39, 0.29) is 37.0 Å². The molecule has 3 heterocycles. The Balaban J connectivity index is 1.20. The van der Waals surface area contributed by atoms with E-state index in [1.54, 1.807) is 34.2 Å². The molecule has 8 nitrogen and oxygen atoms in total. The molecule has 3 N–H and O–H groups in total. The highest BCUT2D eigenvalue weighted by Crippen LogP contribution is 2.38. The molecule has 1 aromatic heterocycles. The monoisotopic (exact) mass is 609 g/mol. The van der Waals surface area contributed by atoms with E-state index in [0.29, 0.717) is 56.8 Å². The zero-order chi connectivity index (χ0) is 31.3. The van der Waals surface area contributed by atoms with Gasteiger partial charge in [0.25, 0.3) is 5.91 Å². The number of alkyl halides is 3. The van der Waals surface area contributed by atoms with Gasteiger partial charge < -0.3 is 30.1 Å². The van der Waals surface area contributed by atoms with Crippen molar-refractivity contribution in [2.45, 2.75) is 37.2 Å². The lowest BCUT2D eigenvalue weighted by atomic mass is 9.83. The Morgan fingerprint density at radius 2 is 1.77 bits per heavy atom. The third-order valence-corrected chi connectivity index (χ3v) is 8.73. The van der Waals surface area contributed by atoms with Crippen LogP contribution in [0.2, 0.25) is 0 Å². The van der Waals surface area contributed by atoms with E-state index >= 15 is 0 Å². The van der Waals surface area contributed by atoms with Crippen LogP contribution in [0.15, 0.2) is 85.6 Å². The highest BCUT2D eigenvalue weighted by atomic mass is 19.4. The number of halogens is 3. The fraction of sp³-hybridized carbons (Fsp3) is 0.394. The fourth-order valence-electron chi connectivity index (χ4n) is 6.31. The second kappa shape index (κ2) is 13.3. The molecule has 5 rings (SSSR count). The number of carbonyl (C=O) groups is 2. The summed E-state index contributed by atoms with van der Waals surface area (Å²) < 4.78 is 38.6. The van der Waals surface area contributed by atoms with E-state index in [1.807, 2.05) is 30.3 Å². The van der Waals surface area contributed by atoms with E-state index in [9.17, 15) is 27.9 Å². The van der Waals surface area contributed by atoms with Gasteiger partial charge in [0, 0.05) is 57.4 Å². The first-order chi connectivity index (χ1) is 21.1. The van der Waals surface area contributed by atoms with Gasteiger partial charge in [0.2, 0.25) is 0 Å². The zero-order valence-corrected chi connectivity index (χ0v) is 24.5. The zero-order valence-electron chi connectivity index (χ0n) is 24.5. The number of hydrogen-bond donors (Lipinski definition) is 3. The summed E-state index contributed by atoms with van der Waals surface area (Å²) in [6.45, 7) is 6.86. The maximum atomic E-state index is 13.2. The molecule has 44 heavy (non-hydrogen) atoms. The van der Waals surface area contributed by atoms with E-state index in [0.717, 1.165) is 17.7 Å². The number of piperidine rings is 1. The van der Waals surface area contributed by atoms with Crippen molar-refractivity contribution in [3.8, 4) is 0 Å². The Bertz CT molecular complexity index is 1410. The average molecular weight is 610 g/mol. The van der Waals surface area contributed by atoms with Gasteiger partial charge in [-0.25, -0.2) is 4.79 Å². The lowest BCUT2D eigenvalue weighted by Crippen LogP contribution is -2.52. The molecule has 2 aliphatic rings. The van der Waals surface area contributed by atoms with Gasteiger partial charge in [0.05, 0.1) is 12.1 Å². The highest BCUT2D eigenvalue weighted by Gasteiger charge is 2.49. The van der Waals surface area contributed by atoms with E-state index < -0.39 is 17.3 Å². The summed E-state index contributed by atoms with van der Waals surface area (Å²) in [6, 6.07) is 17.4. The number of hydrogen-bond acceptors (Lipinski definition) is 4. The number of aliphatic hydroxyl groups is 1. The molecule has 3 amide bonds. The Kier molecular flexibility index (Phi) is 9.45. The molecule has 11 heteroatoms. The van der Waals surface area contributed by atoms with Crippen LogP contribution in [0.4, 0.5) is 18.0 Å². The largest absolute Gasteiger partial charge is 0.416 e. The summed E-state index contributed by atoms with van der Waals surface area (Å²) in [5, 5.41) is 14.8. The van der Waals surface area contributed by atoms with Crippen molar-refractivity contribution in [2.75, 3.05) is 39.3 Å². The van der Waals surface area contributed by atoms with Crippen molar-refractivity contribution in [1.29, 1.82) is 0 Å². The van der Waals surface area contributed by atoms with Gasteiger partial charge in [0.1, 0.15) is 11.3 Å². The predicted octanol–water partition coefficient (Wildman–Crippen LogP) is 4.86. The van der Waals surface area contributed by atoms with Crippen LogP contribution in [0.1, 0.15) is 40.0 Å². The number of H-pyrrole nitrogens is 1. The summed E-state index contributed by atoms with van der Waals surface area (Å²) in [5.41, 5.74) is -0.0875. The SMILES string of the molecule is C=CCN(C(=O)NCc1ccc(C(F)(F)F)cc1)C1CCN(C[C@H]2CN(C(=O)c3ccc[nH]3)C[C@]2(O)c2ccccc2)CC1. The molecular formula is C33H38F3N5O3. The predicted molar refractivity (Wildman–Crippen MR) is 161 cm³/mol. The number of urea groups is 1. The topological polar surface area (TPSA) is 91.9 Å². The number of aromatic amines is 1. The Hall–Kier alpha value is -4.09. The minimum Gasteiger partial charge on any atom is -0.383 e. The highest BCUT2D eigenvalue weighted by molar-refractivity contribution is 5.92. The first kappa shape index (κ1) is 31.3. The fourth-order valence-corrected chi connectivity index (χ4v) is 6.31. The van der Waals surface area contributed by atoms with Crippen molar-refractivity contribution >= 4 is 11.9 Å². The maximum Gasteiger partial charge on any atom is 0.416 e. The maximum absolute atomic E-state index is 13.2. The van der Waals surface area contributed by atoms with E-state index in [2.05, 4.69) is 21.8 Å². The van der Waals surface area contributed by atoms with Crippen LogP contribution in [-0.2, 0) is 18.3 Å². The van der Waals surface area contributed by atoms with Crippen LogP contribution in [-0.4, -0.2) is 82.0 Å². The van der Waals surface area contributed by atoms with Gasteiger partial charge >= 0.3 is 12.2 Å². The van der Waals surface area contributed by atoms with Crippen molar-refractivity contribution in [2.24, 2.45) is 5.92 Å². The lowest BCUT2D eigenvalue weighted by molar-refractivity contribution is -0.137. The number of aromatic nitrogens is 1. The molecule has 2 aromatic carbocycles. The first-order valence-corrected chi connectivity index (χ1v) is 14.8. The molecule has 0 bridgehead atoms. The Labute approximate surface area is 255 Å². The Morgan fingerprint density at radius 1 is 1.07 bits per heavy atom. The smallest absolute Gasteiger partial charge is 0.383 e. The van der Waals surface area contributed by atoms with Gasteiger partial charge in [-0.1, -0.05) is 48.5 Å². The summed E-state index contributed by atoms with van der Waals surface area (Å²) in [4.78, 5) is 35.0. The number of nitrogens with zero attached hydrogens (tertiary/aromatic N) is 3. The minimum atomic E-state index is -4.41. The van der Waals surface area contributed by atoms with E-state index in [1.165, 1.54) is 12.1 Å². The van der Waals surface area contributed by atoms with Crippen LogP contribution in [0.25, 0.3) is 0 Å². The van der Waals surface area contributed by atoms with Crippen molar-refractivity contribution < 1.29 is 27.9 Å². The molecule has 0 saturated carbocycles. The quantitative estimate of drug-likeness (QED) is 0.303. The summed E-state index contributed by atoms with van der Waals surface area (Å²) in [7, 11) is 0. The molecule has 0 aliphatic carbocycles. The molecule has 0 unspecified atom stereocenters. The van der Waals surface area contributed by atoms with Crippen LogP contribution in [0.5, 0.6) is 0 Å². The van der Waals surface area contributed by atoms with Crippen molar-refractivity contribution in [3.63, 3.8) is 0 Å². The molecule has 2 fully saturated rings. The standard InChI is InChI=1S/C33H38F3N5O3/c1-2-17-41(31(43)38-20-24-10-12-26(13-11-24)33(34,35)36)28-14-18-39(19-15-28)21-27-22-40(30(42)29-9-6-16-37-29)23-32(27,44)25-7-4-3-5-8-25/h2-13,16,27-28,37,44H,1,14-15,17-23H2,(H,38,43)/t27-,32-/m0/s1. The van der Waals surface area contributed by atoms with Crippen molar-refractivity contribution in [1.82, 2.24) is 25.0 Å².